The number of nitrogens with two attached hydrogens (primary N) is 1. The van der Waals surface area contributed by atoms with Crippen LogP contribution in [0.15, 0.2) is 0 Å². The standard InChI is InChI=1S/C4H8BNO3/c5-2(4(8)9)1-3(6)7/h2H,1,5H2,(H2,6,7)(H,8,9)/t2-/m0/s1. The number of carbonyl (C=O) groups is 2. The van der Waals surface area contributed by atoms with Crippen molar-refractivity contribution in [1.29, 1.82) is 0 Å². The van der Waals surface area contributed by atoms with Gasteiger partial charge in [-0.3, -0.25) is 9.59 Å². The average Bonchev–Trinajstić information content (AvgIpc) is 1.63. The van der Waals surface area contributed by atoms with Gasteiger partial charge in [-0.25, -0.2) is 0 Å². The summed E-state index contributed by atoms with van der Waals surface area (Å²) < 4.78 is 0. The molecule has 3 N–H and O–H groups in total. The number of hydrogen-bond acceptors (Lipinski definition) is 2. The molecule has 0 heterocycles. The third kappa shape index (κ3) is 3.58. The molecule has 9 heavy (non-hydrogen) atoms. The third-order valence-electron chi connectivity index (χ3n) is 0.929. The minimum Gasteiger partial charge on any atom is -0.482 e. The van der Waals surface area contributed by atoms with Crippen LogP contribution in [0, 0.1) is 0 Å². The van der Waals surface area contributed by atoms with Crippen molar-refractivity contribution in [2.24, 2.45) is 5.73 Å². The highest BCUT2D eigenvalue weighted by Gasteiger charge is 2.12. The van der Waals surface area contributed by atoms with Gasteiger partial charge in [0.1, 0.15) is 7.85 Å². The fourth-order valence-corrected chi connectivity index (χ4v) is 0.389. The van der Waals surface area contributed by atoms with Crippen LogP contribution in [0.1, 0.15) is 6.42 Å². The summed E-state index contributed by atoms with van der Waals surface area (Å²) in [5.41, 5.74) is 4.73. The van der Waals surface area contributed by atoms with Gasteiger partial charge in [0.15, 0.2) is 0 Å². The van der Waals surface area contributed by atoms with Crippen LogP contribution < -0.4 is 5.73 Å². The number of amides is 1. The molecular formula is C4H8BNO3. The summed E-state index contributed by atoms with van der Waals surface area (Å²) in [6.07, 6.45) is -0.0880. The molecule has 1 amide bonds. The molecular weight excluding hydrogens is 121 g/mol. The van der Waals surface area contributed by atoms with E-state index in [0.717, 1.165) is 0 Å². The van der Waals surface area contributed by atoms with Gasteiger partial charge in [-0.2, -0.15) is 0 Å². The number of rotatable bonds is 3. The molecule has 5 heteroatoms. The first-order chi connectivity index (χ1) is 4.04. The Bertz CT molecular complexity index is 136. The van der Waals surface area contributed by atoms with E-state index in [0.29, 0.717) is 0 Å². The fourth-order valence-electron chi connectivity index (χ4n) is 0.389. The predicted molar refractivity (Wildman–Crippen MR) is 33.7 cm³/mol. The Morgan fingerprint density at radius 2 is 2.11 bits per heavy atom. The molecule has 0 radical (unpaired) electrons. The summed E-state index contributed by atoms with van der Waals surface area (Å²) in [5, 5.41) is 8.22. The zero-order chi connectivity index (χ0) is 7.44. The van der Waals surface area contributed by atoms with E-state index >= 15 is 0 Å². The fraction of sp³-hybridized carbons (Fsp3) is 0.500. The molecule has 4 nitrogen and oxygen atoms in total. The second-order valence-corrected chi connectivity index (χ2v) is 1.91. The molecule has 0 saturated carbocycles. The smallest absolute Gasteiger partial charge is 0.298 e. The van der Waals surface area contributed by atoms with E-state index in [4.69, 9.17) is 10.8 Å². The number of hydrogen-bond donors (Lipinski definition) is 2. The zero-order valence-corrected chi connectivity index (χ0v) is 5.13. The Hall–Kier alpha value is -0.995. The molecule has 0 aromatic carbocycles. The molecule has 0 bridgehead atoms. The van der Waals surface area contributed by atoms with Crippen molar-refractivity contribution >= 4 is 19.7 Å². The molecule has 0 unspecified atom stereocenters. The summed E-state index contributed by atoms with van der Waals surface area (Å²) >= 11 is 0. The summed E-state index contributed by atoms with van der Waals surface area (Å²) in [7, 11) is 1.44. The van der Waals surface area contributed by atoms with Gasteiger partial charge in [-0.15, -0.1) is 0 Å². The highest BCUT2D eigenvalue weighted by Crippen LogP contribution is 2.02. The second kappa shape index (κ2) is 3.12. The van der Waals surface area contributed by atoms with Crippen molar-refractivity contribution in [3.63, 3.8) is 0 Å². The van der Waals surface area contributed by atoms with Crippen LogP contribution in [-0.4, -0.2) is 24.8 Å². The van der Waals surface area contributed by atoms with Gasteiger partial charge >= 0.3 is 0 Å². The van der Waals surface area contributed by atoms with Gasteiger partial charge in [0.05, 0.1) is 0 Å². The van der Waals surface area contributed by atoms with E-state index < -0.39 is 17.7 Å². The first kappa shape index (κ1) is 8.00. The van der Waals surface area contributed by atoms with Gasteiger partial charge in [-0.1, -0.05) is 0 Å². The van der Waals surface area contributed by atoms with Crippen molar-refractivity contribution in [1.82, 2.24) is 0 Å². The van der Waals surface area contributed by atoms with Crippen LogP contribution in [0.5, 0.6) is 0 Å². The first-order valence-electron chi connectivity index (χ1n) is 2.55. The van der Waals surface area contributed by atoms with Crippen molar-refractivity contribution in [2.75, 3.05) is 0 Å². The van der Waals surface area contributed by atoms with Crippen molar-refractivity contribution < 1.29 is 14.7 Å². The summed E-state index contributed by atoms with van der Waals surface area (Å²) in [4.78, 5) is 20.1. The van der Waals surface area contributed by atoms with Crippen molar-refractivity contribution in [3.8, 4) is 0 Å². The predicted octanol–water partition coefficient (Wildman–Crippen LogP) is -1.63. The molecule has 0 aliphatic rings. The lowest BCUT2D eigenvalue weighted by molar-refractivity contribution is -0.138. The number of primary amides is 1. The van der Waals surface area contributed by atoms with Crippen LogP contribution in [0.2, 0.25) is 5.82 Å². The maximum absolute atomic E-state index is 10.1. The summed E-state index contributed by atoms with van der Waals surface area (Å²) in [6.45, 7) is 0. The van der Waals surface area contributed by atoms with Crippen LogP contribution in [0.4, 0.5) is 0 Å². The lowest BCUT2D eigenvalue weighted by Gasteiger charge is -1.99. The van der Waals surface area contributed by atoms with Gasteiger partial charge in [0.2, 0.25) is 5.91 Å². The largest absolute Gasteiger partial charge is 0.482 e. The Balaban J connectivity index is 3.63. The minimum absolute atomic E-state index is 0.0880. The highest BCUT2D eigenvalue weighted by atomic mass is 16.4. The van der Waals surface area contributed by atoms with Crippen LogP contribution in [0.25, 0.3) is 0 Å². The Kier molecular flexibility index (Phi) is 2.77. The molecule has 50 valence electrons. The lowest BCUT2D eigenvalue weighted by atomic mass is 9.84. The SMILES string of the molecule is B[C@@H](CC(N)=O)C(=O)O. The Labute approximate surface area is 53.4 Å². The van der Waals surface area contributed by atoms with E-state index in [1.807, 2.05) is 0 Å². The zero-order valence-electron chi connectivity index (χ0n) is 5.13. The number of carboxylic acid groups (broad SMARTS) is 1. The molecule has 0 aliphatic carbocycles. The minimum atomic E-state index is -0.992. The maximum Gasteiger partial charge on any atom is 0.298 e. The van der Waals surface area contributed by atoms with E-state index in [2.05, 4.69) is 0 Å². The third-order valence-corrected chi connectivity index (χ3v) is 0.929. The maximum atomic E-state index is 10.1. The molecule has 1 atom stereocenters. The van der Waals surface area contributed by atoms with Gasteiger partial charge in [-0.05, 0) is 0 Å². The van der Waals surface area contributed by atoms with Crippen LogP contribution >= 0.6 is 0 Å². The van der Waals surface area contributed by atoms with Gasteiger partial charge < -0.3 is 10.8 Å². The van der Waals surface area contributed by atoms with E-state index in [1.54, 1.807) is 0 Å². The quantitative estimate of drug-likeness (QED) is 0.448. The lowest BCUT2D eigenvalue weighted by Crippen LogP contribution is -2.18. The van der Waals surface area contributed by atoms with Crippen LogP contribution in [-0.2, 0) is 9.59 Å². The molecule has 0 aliphatic heterocycles. The molecule has 0 fully saturated rings. The normalized spacial score (nSPS) is 12.4. The monoisotopic (exact) mass is 129 g/mol. The van der Waals surface area contributed by atoms with E-state index in [9.17, 15) is 9.59 Å². The van der Waals surface area contributed by atoms with Crippen LogP contribution in [0.3, 0.4) is 0 Å². The van der Waals surface area contributed by atoms with E-state index in [1.165, 1.54) is 7.85 Å². The molecule has 0 aromatic rings. The summed E-state index contributed by atoms with van der Waals surface area (Å²) in [5.74, 6) is -2.23. The van der Waals surface area contributed by atoms with E-state index in [-0.39, 0.29) is 6.42 Å². The first-order valence-corrected chi connectivity index (χ1v) is 2.55. The number of aliphatic carboxylic acids is 1. The topological polar surface area (TPSA) is 80.4 Å². The molecule has 0 spiro atoms. The molecule has 0 saturated heterocycles. The average molecular weight is 129 g/mol. The molecule has 0 aromatic heterocycles. The van der Waals surface area contributed by atoms with Crippen molar-refractivity contribution in [3.05, 3.63) is 0 Å². The molecule has 0 rings (SSSR count). The second-order valence-electron chi connectivity index (χ2n) is 1.91. The van der Waals surface area contributed by atoms with Crippen molar-refractivity contribution in [2.45, 2.75) is 12.2 Å². The number of carbonyl (C=O) groups excluding carboxylic acids is 1. The van der Waals surface area contributed by atoms with Gasteiger partial charge in [0, 0.05) is 12.2 Å². The summed E-state index contributed by atoms with van der Waals surface area (Å²) in [6, 6.07) is 0. The number of carboxylic acids is 1. The van der Waals surface area contributed by atoms with Gasteiger partial charge in [0.25, 0.3) is 5.97 Å². The Morgan fingerprint density at radius 1 is 1.67 bits per heavy atom. The Morgan fingerprint density at radius 3 is 2.22 bits per heavy atom. The highest BCUT2D eigenvalue weighted by molar-refractivity contribution is 6.23.